The molecule has 0 atom stereocenters. The fourth-order valence-corrected chi connectivity index (χ4v) is 1.63. The fraction of sp³-hybridized carbons (Fsp3) is 0.100. The fourth-order valence-electron chi connectivity index (χ4n) is 1.63. The second-order valence-electron chi connectivity index (χ2n) is 3.20. The number of aromatic nitrogens is 1. The molecule has 0 aliphatic carbocycles. The molecule has 70 valence electrons. The summed E-state index contributed by atoms with van der Waals surface area (Å²) >= 11 is 0. The van der Waals surface area contributed by atoms with Crippen LogP contribution in [0, 0.1) is 0 Å². The number of ether oxygens (including phenoxy) is 1. The van der Waals surface area contributed by atoms with Gasteiger partial charge in [0.25, 0.3) is 0 Å². The van der Waals surface area contributed by atoms with E-state index < -0.39 is 0 Å². The van der Waals surface area contributed by atoms with Crippen molar-refractivity contribution < 1.29 is 9.26 Å². The topological polar surface area (TPSA) is 61.3 Å². The van der Waals surface area contributed by atoms with Gasteiger partial charge in [-0.05, 0) is 12.1 Å². The van der Waals surface area contributed by atoms with Crippen molar-refractivity contribution in [3.05, 3.63) is 30.0 Å². The van der Waals surface area contributed by atoms with Crippen LogP contribution < -0.4 is 10.5 Å². The minimum absolute atomic E-state index is 0.472. The van der Waals surface area contributed by atoms with Crippen LogP contribution >= 0.6 is 0 Å². The third-order valence-corrected chi connectivity index (χ3v) is 2.32. The van der Waals surface area contributed by atoms with Crippen LogP contribution in [0.3, 0.4) is 0 Å². The normalized spacial score (nSPS) is 12.9. The third kappa shape index (κ3) is 0.849. The Morgan fingerprint density at radius 2 is 2.29 bits per heavy atom. The number of nitrogens with zero attached hydrogens (tertiary/aromatic N) is 1. The largest absolute Gasteiger partial charge is 0.486 e. The lowest BCUT2D eigenvalue weighted by Crippen LogP contribution is -2.06. The number of nitrogen functional groups attached to an aromatic ring is 1. The maximum absolute atomic E-state index is 5.78. The Balaban J connectivity index is 2.31. The molecule has 0 spiro atoms. The van der Waals surface area contributed by atoms with E-state index in [1.165, 1.54) is 0 Å². The number of para-hydroxylation sites is 1. The first-order valence-corrected chi connectivity index (χ1v) is 4.31. The smallest absolute Gasteiger partial charge is 0.152 e. The molecule has 1 aliphatic rings. The highest BCUT2D eigenvalue weighted by molar-refractivity contribution is 5.77. The van der Waals surface area contributed by atoms with E-state index in [4.69, 9.17) is 15.0 Å². The zero-order valence-electron chi connectivity index (χ0n) is 7.36. The van der Waals surface area contributed by atoms with E-state index in [9.17, 15) is 0 Å². The molecule has 0 saturated heterocycles. The number of fused-ring (bicyclic) bond motifs is 3. The van der Waals surface area contributed by atoms with Gasteiger partial charge < -0.3 is 15.0 Å². The Labute approximate surface area is 80.3 Å². The van der Waals surface area contributed by atoms with Gasteiger partial charge in [0.2, 0.25) is 0 Å². The molecule has 0 amide bonds. The van der Waals surface area contributed by atoms with Crippen molar-refractivity contribution in [3.63, 3.8) is 0 Å². The van der Waals surface area contributed by atoms with Gasteiger partial charge in [-0.2, -0.15) is 0 Å². The van der Waals surface area contributed by atoms with Crippen molar-refractivity contribution in [2.75, 3.05) is 5.73 Å². The summed E-state index contributed by atoms with van der Waals surface area (Å²) in [5, 5.41) is 3.93. The van der Waals surface area contributed by atoms with Crippen molar-refractivity contribution in [3.8, 4) is 17.0 Å². The first kappa shape index (κ1) is 7.44. The van der Waals surface area contributed by atoms with Gasteiger partial charge in [-0.1, -0.05) is 11.2 Å². The van der Waals surface area contributed by atoms with Crippen LogP contribution in [0.25, 0.3) is 11.3 Å². The lowest BCUT2D eigenvalue weighted by molar-refractivity contribution is 0.303. The van der Waals surface area contributed by atoms with E-state index in [1.807, 2.05) is 18.2 Å². The van der Waals surface area contributed by atoms with Gasteiger partial charge in [0.1, 0.15) is 18.6 Å². The van der Waals surface area contributed by atoms with Crippen molar-refractivity contribution in [1.82, 2.24) is 5.16 Å². The van der Waals surface area contributed by atoms with Crippen LogP contribution in [0.4, 0.5) is 5.69 Å². The summed E-state index contributed by atoms with van der Waals surface area (Å²) in [6.45, 7) is 0.472. The second kappa shape index (κ2) is 2.51. The molecule has 1 aromatic carbocycles. The predicted octanol–water partition coefficient (Wildman–Crippen LogP) is 1.82. The summed E-state index contributed by atoms with van der Waals surface area (Å²) in [5.74, 6) is 0.703. The van der Waals surface area contributed by atoms with Gasteiger partial charge >= 0.3 is 0 Å². The Morgan fingerprint density at radius 3 is 3.21 bits per heavy atom. The molecule has 0 radical (unpaired) electrons. The minimum atomic E-state index is 0.472. The van der Waals surface area contributed by atoms with Crippen molar-refractivity contribution >= 4 is 5.69 Å². The molecule has 1 aliphatic heterocycles. The van der Waals surface area contributed by atoms with E-state index in [-0.39, 0.29) is 0 Å². The molecule has 0 bridgehead atoms. The average molecular weight is 188 g/mol. The Morgan fingerprint density at radius 1 is 1.36 bits per heavy atom. The number of hydrogen-bond donors (Lipinski definition) is 1. The van der Waals surface area contributed by atoms with Crippen LogP contribution in [0.5, 0.6) is 5.75 Å². The lowest BCUT2D eigenvalue weighted by atomic mass is 10.0. The second-order valence-corrected chi connectivity index (χ2v) is 3.20. The maximum atomic E-state index is 5.78. The lowest BCUT2D eigenvalue weighted by Gasteiger charge is -2.17. The Hall–Kier alpha value is -1.97. The van der Waals surface area contributed by atoms with Crippen LogP contribution in [-0.4, -0.2) is 5.16 Å². The monoisotopic (exact) mass is 188 g/mol. The molecule has 14 heavy (non-hydrogen) atoms. The molecule has 2 aromatic rings. The van der Waals surface area contributed by atoms with Gasteiger partial charge in [0, 0.05) is 5.56 Å². The molecule has 0 unspecified atom stereocenters. The van der Waals surface area contributed by atoms with Crippen LogP contribution in [0.15, 0.2) is 29.0 Å². The van der Waals surface area contributed by atoms with E-state index in [2.05, 4.69) is 5.16 Å². The van der Waals surface area contributed by atoms with Gasteiger partial charge in [-0.3, -0.25) is 0 Å². The molecule has 0 saturated carbocycles. The maximum Gasteiger partial charge on any atom is 0.152 e. The van der Waals surface area contributed by atoms with E-state index >= 15 is 0 Å². The van der Waals surface area contributed by atoms with E-state index in [0.29, 0.717) is 18.0 Å². The van der Waals surface area contributed by atoms with Gasteiger partial charge in [0.15, 0.2) is 5.75 Å². The highest BCUT2D eigenvalue weighted by Gasteiger charge is 2.21. The molecular weight excluding hydrogens is 180 g/mol. The third-order valence-electron chi connectivity index (χ3n) is 2.32. The predicted molar refractivity (Wildman–Crippen MR) is 50.7 cm³/mol. The van der Waals surface area contributed by atoms with Crippen LogP contribution in [-0.2, 0) is 6.61 Å². The average Bonchev–Trinajstić information content (AvgIpc) is 2.66. The molecule has 2 N–H and O–H groups in total. The summed E-state index contributed by atoms with van der Waals surface area (Å²) < 4.78 is 10.4. The van der Waals surface area contributed by atoms with Gasteiger partial charge in [-0.15, -0.1) is 0 Å². The summed E-state index contributed by atoms with van der Waals surface area (Å²) in [5.41, 5.74) is 9.12. The summed E-state index contributed by atoms with van der Waals surface area (Å²) in [4.78, 5) is 0. The number of benzene rings is 1. The van der Waals surface area contributed by atoms with Crippen LogP contribution in [0.1, 0.15) is 5.56 Å². The standard InChI is InChI=1S/C10H8N2O2/c11-8-3-1-2-7-9-6(5-14-12-9)4-13-10(7)8/h1-3,5H,4,11H2. The summed E-state index contributed by atoms with van der Waals surface area (Å²) in [7, 11) is 0. The van der Waals surface area contributed by atoms with Crippen molar-refractivity contribution in [2.45, 2.75) is 6.61 Å². The Bertz CT molecular complexity index is 491. The molecule has 3 rings (SSSR count). The van der Waals surface area contributed by atoms with Gasteiger partial charge in [0.05, 0.1) is 11.3 Å². The minimum Gasteiger partial charge on any atom is -0.486 e. The zero-order valence-corrected chi connectivity index (χ0v) is 7.36. The number of anilines is 1. The molecule has 4 nitrogen and oxygen atoms in total. The molecule has 0 fully saturated rings. The molecule has 2 heterocycles. The highest BCUT2D eigenvalue weighted by atomic mass is 16.5. The number of rotatable bonds is 0. The summed E-state index contributed by atoms with van der Waals surface area (Å²) in [6.07, 6.45) is 1.60. The zero-order chi connectivity index (χ0) is 9.54. The van der Waals surface area contributed by atoms with Crippen molar-refractivity contribution in [1.29, 1.82) is 0 Å². The number of nitrogens with two attached hydrogens (primary N) is 1. The first-order valence-electron chi connectivity index (χ1n) is 4.31. The highest BCUT2D eigenvalue weighted by Crippen LogP contribution is 2.39. The number of hydrogen-bond acceptors (Lipinski definition) is 4. The van der Waals surface area contributed by atoms with E-state index in [0.717, 1.165) is 16.8 Å². The molecule has 4 heteroatoms. The SMILES string of the molecule is Nc1cccc2c1OCc1conc1-2. The molecule has 1 aromatic heterocycles. The van der Waals surface area contributed by atoms with Crippen molar-refractivity contribution in [2.24, 2.45) is 0 Å². The first-order chi connectivity index (χ1) is 6.86. The summed E-state index contributed by atoms with van der Waals surface area (Å²) in [6, 6.07) is 5.61. The quantitative estimate of drug-likeness (QED) is 0.640. The van der Waals surface area contributed by atoms with Crippen LogP contribution in [0.2, 0.25) is 0 Å². The molecular formula is C10H8N2O2. The van der Waals surface area contributed by atoms with Gasteiger partial charge in [-0.25, -0.2) is 0 Å². The Kier molecular flexibility index (Phi) is 1.33. The van der Waals surface area contributed by atoms with E-state index in [1.54, 1.807) is 6.26 Å².